The van der Waals surface area contributed by atoms with E-state index >= 15 is 0 Å². The molecule has 0 saturated carbocycles. The van der Waals surface area contributed by atoms with Gasteiger partial charge in [0.05, 0.1) is 15.6 Å². The van der Waals surface area contributed by atoms with Crippen LogP contribution in [0.15, 0.2) is 65.5 Å². The smallest absolute Gasteiger partial charge is 0.255 e. The number of aromatic nitrogens is 1. The lowest BCUT2D eigenvalue weighted by Gasteiger charge is -2.11. The summed E-state index contributed by atoms with van der Waals surface area (Å²) < 4.78 is 1.63. The zero-order valence-corrected chi connectivity index (χ0v) is 15.5. The summed E-state index contributed by atoms with van der Waals surface area (Å²) in [6.07, 6.45) is 0. The zero-order chi connectivity index (χ0) is 18.7. The minimum absolute atomic E-state index is 0.0839. The molecule has 3 aromatic rings. The molecular weight excluding hydrogens is 371 g/mol. The van der Waals surface area contributed by atoms with Crippen molar-refractivity contribution >= 4 is 29.1 Å². The predicted octanol–water partition coefficient (Wildman–Crippen LogP) is 4.38. The number of halogens is 2. The van der Waals surface area contributed by atoms with E-state index in [0.29, 0.717) is 16.6 Å². The maximum Gasteiger partial charge on any atom is 0.255 e. The summed E-state index contributed by atoms with van der Waals surface area (Å²) in [5.41, 5.74) is 2.70. The summed E-state index contributed by atoms with van der Waals surface area (Å²) in [6.45, 7) is 2.20. The predicted molar refractivity (Wildman–Crippen MR) is 104 cm³/mol. The normalized spacial score (nSPS) is 10.6. The molecule has 1 aromatic heterocycles. The fourth-order valence-corrected chi connectivity index (χ4v) is 3.24. The maximum atomic E-state index is 12.3. The van der Waals surface area contributed by atoms with Gasteiger partial charge in [-0.1, -0.05) is 47.5 Å². The summed E-state index contributed by atoms with van der Waals surface area (Å²) in [4.78, 5) is 24.4. The molecule has 132 valence electrons. The second-order valence-corrected chi connectivity index (χ2v) is 6.60. The summed E-state index contributed by atoms with van der Waals surface area (Å²) in [7, 11) is 0. The number of nitrogens with one attached hydrogen (secondary N) is 1. The zero-order valence-electron chi connectivity index (χ0n) is 14.0. The van der Waals surface area contributed by atoms with Crippen molar-refractivity contribution in [2.45, 2.75) is 13.5 Å². The van der Waals surface area contributed by atoms with Gasteiger partial charge in [-0.05, 0) is 42.8 Å². The number of carbonyl (C=O) groups excluding carboxylic acids is 1. The van der Waals surface area contributed by atoms with Crippen LogP contribution in [0.1, 0.15) is 21.6 Å². The number of benzene rings is 2. The first-order chi connectivity index (χ1) is 12.5. The monoisotopic (exact) mass is 386 g/mol. The van der Waals surface area contributed by atoms with Crippen LogP contribution >= 0.6 is 23.2 Å². The molecule has 0 saturated heterocycles. The van der Waals surface area contributed by atoms with Crippen LogP contribution in [0.3, 0.4) is 0 Å². The molecule has 26 heavy (non-hydrogen) atoms. The molecule has 0 spiro atoms. The molecule has 1 heterocycles. The first-order valence-corrected chi connectivity index (χ1v) is 8.73. The minimum atomic E-state index is -0.334. The Morgan fingerprint density at radius 3 is 2.19 bits per heavy atom. The molecule has 1 amide bonds. The van der Waals surface area contributed by atoms with Crippen molar-refractivity contribution in [1.29, 1.82) is 0 Å². The molecule has 0 atom stereocenters. The number of nitrogens with zero attached hydrogens (tertiary/aromatic N) is 1. The number of hydrogen-bond donors (Lipinski definition) is 1. The molecule has 4 nitrogen and oxygen atoms in total. The fourth-order valence-electron chi connectivity index (χ4n) is 2.67. The van der Waals surface area contributed by atoms with Crippen LogP contribution in [-0.2, 0) is 6.54 Å². The summed E-state index contributed by atoms with van der Waals surface area (Å²) in [5.74, 6) is -0.334. The van der Waals surface area contributed by atoms with Crippen LogP contribution in [0.25, 0.3) is 5.69 Å². The van der Waals surface area contributed by atoms with Crippen LogP contribution < -0.4 is 10.9 Å². The van der Waals surface area contributed by atoms with Gasteiger partial charge in [-0.3, -0.25) is 14.2 Å². The first kappa shape index (κ1) is 18.2. The number of amides is 1. The quantitative estimate of drug-likeness (QED) is 0.722. The van der Waals surface area contributed by atoms with Crippen LogP contribution in [0, 0.1) is 6.92 Å². The number of hydrogen-bond acceptors (Lipinski definition) is 2. The largest absolute Gasteiger partial charge is 0.348 e. The summed E-state index contributed by atoms with van der Waals surface area (Å²) >= 11 is 12.1. The fraction of sp³-hybridized carbons (Fsp3) is 0.100. The van der Waals surface area contributed by atoms with E-state index in [1.54, 1.807) is 28.8 Å². The van der Waals surface area contributed by atoms with Crippen molar-refractivity contribution in [3.8, 4) is 5.69 Å². The molecular formula is C20H16Cl2N2O2. The second-order valence-electron chi connectivity index (χ2n) is 5.79. The van der Waals surface area contributed by atoms with Gasteiger partial charge in [-0.15, -0.1) is 0 Å². The Hall–Kier alpha value is -2.56. The number of rotatable bonds is 4. The third kappa shape index (κ3) is 3.82. The highest BCUT2D eigenvalue weighted by molar-refractivity contribution is 6.39. The van der Waals surface area contributed by atoms with Crippen molar-refractivity contribution in [3.05, 3.63) is 97.9 Å². The van der Waals surface area contributed by atoms with Crippen molar-refractivity contribution < 1.29 is 4.79 Å². The molecule has 0 unspecified atom stereocenters. The van der Waals surface area contributed by atoms with Crippen molar-refractivity contribution in [2.75, 3.05) is 0 Å². The molecule has 2 aromatic carbocycles. The molecule has 0 radical (unpaired) electrons. The summed E-state index contributed by atoms with van der Waals surface area (Å²) in [5, 5.41) is 3.42. The Balaban J connectivity index is 1.74. The average molecular weight is 387 g/mol. The lowest BCUT2D eigenvalue weighted by molar-refractivity contribution is 0.0951. The minimum Gasteiger partial charge on any atom is -0.348 e. The van der Waals surface area contributed by atoms with E-state index < -0.39 is 0 Å². The van der Waals surface area contributed by atoms with Crippen molar-refractivity contribution in [2.24, 2.45) is 0 Å². The third-order valence-electron chi connectivity index (χ3n) is 3.99. The highest BCUT2D eigenvalue weighted by Gasteiger charge is 2.14. The lowest BCUT2D eigenvalue weighted by atomic mass is 10.1. The molecule has 0 aliphatic heterocycles. The molecule has 6 heteroatoms. The molecule has 0 fully saturated rings. The molecule has 0 bridgehead atoms. The molecule has 3 rings (SSSR count). The Morgan fingerprint density at radius 2 is 1.58 bits per heavy atom. The molecule has 1 N–H and O–H groups in total. The first-order valence-electron chi connectivity index (χ1n) is 7.97. The van der Waals surface area contributed by atoms with Crippen molar-refractivity contribution in [3.63, 3.8) is 0 Å². The van der Waals surface area contributed by atoms with Crippen molar-refractivity contribution in [1.82, 2.24) is 9.88 Å². The summed E-state index contributed by atoms with van der Waals surface area (Å²) in [6, 6.07) is 17.5. The standard InChI is InChI=1S/C20H16Cl2N2O2/c1-13-4-2-7-18(25)24(13)15-10-8-14(9-11-15)12-23-20(26)19-16(21)5-3-6-17(19)22/h2-11H,12H2,1H3,(H,23,26). The van der Waals surface area contributed by atoms with Gasteiger partial charge < -0.3 is 5.32 Å². The van der Waals surface area contributed by atoms with Crippen LogP contribution in [0.4, 0.5) is 0 Å². The SMILES string of the molecule is Cc1cccc(=O)n1-c1ccc(CNC(=O)c2c(Cl)cccc2Cl)cc1. The number of carbonyl (C=O) groups is 1. The average Bonchev–Trinajstić information content (AvgIpc) is 2.61. The van der Waals surface area contributed by atoms with E-state index in [2.05, 4.69) is 5.32 Å². The van der Waals surface area contributed by atoms with Crippen LogP contribution in [0.5, 0.6) is 0 Å². The van der Waals surface area contributed by atoms with Gasteiger partial charge in [-0.2, -0.15) is 0 Å². The van der Waals surface area contributed by atoms with Crippen LogP contribution in [-0.4, -0.2) is 10.5 Å². The van der Waals surface area contributed by atoms with Gasteiger partial charge in [0.25, 0.3) is 11.5 Å². The number of pyridine rings is 1. The van der Waals surface area contributed by atoms with E-state index in [0.717, 1.165) is 16.9 Å². The second kappa shape index (κ2) is 7.77. The van der Waals surface area contributed by atoms with Gasteiger partial charge >= 0.3 is 0 Å². The Labute approximate surface area is 161 Å². The van der Waals surface area contributed by atoms with E-state index in [1.807, 2.05) is 37.3 Å². The molecule has 0 aliphatic rings. The maximum absolute atomic E-state index is 12.3. The van der Waals surface area contributed by atoms with Gasteiger partial charge in [0, 0.05) is 24.0 Å². The highest BCUT2D eigenvalue weighted by atomic mass is 35.5. The van der Waals surface area contributed by atoms with Crippen LogP contribution in [0.2, 0.25) is 10.0 Å². The Morgan fingerprint density at radius 1 is 0.962 bits per heavy atom. The van der Waals surface area contributed by atoms with E-state index in [1.165, 1.54) is 6.07 Å². The lowest BCUT2D eigenvalue weighted by Crippen LogP contribution is -2.23. The number of aryl methyl sites for hydroxylation is 1. The Kier molecular flexibility index (Phi) is 5.45. The van der Waals surface area contributed by atoms with E-state index in [-0.39, 0.29) is 17.0 Å². The van der Waals surface area contributed by atoms with E-state index in [9.17, 15) is 9.59 Å². The molecule has 0 aliphatic carbocycles. The van der Waals surface area contributed by atoms with E-state index in [4.69, 9.17) is 23.2 Å². The van der Waals surface area contributed by atoms with Gasteiger partial charge in [0.15, 0.2) is 0 Å². The topological polar surface area (TPSA) is 51.1 Å². The highest BCUT2D eigenvalue weighted by Crippen LogP contribution is 2.24. The van der Waals surface area contributed by atoms with Gasteiger partial charge in [0.1, 0.15) is 0 Å². The van der Waals surface area contributed by atoms with Gasteiger partial charge in [0.2, 0.25) is 0 Å². The van der Waals surface area contributed by atoms with Gasteiger partial charge in [-0.25, -0.2) is 0 Å². The Bertz CT molecular complexity index is 991. The third-order valence-corrected chi connectivity index (χ3v) is 4.62.